The average molecular weight is 1020 g/mol. The van der Waals surface area contributed by atoms with E-state index in [2.05, 4.69) is 78.5 Å². The van der Waals surface area contributed by atoms with Gasteiger partial charge >= 0.3 is 11.9 Å². The zero-order valence-corrected chi connectivity index (χ0v) is 43.5. The highest BCUT2D eigenvalue weighted by atomic mass is 32.1. The summed E-state index contributed by atoms with van der Waals surface area (Å²) in [4.78, 5) is 29.9. The molecule has 388 valence electrons. The Labute approximate surface area is 440 Å². The van der Waals surface area contributed by atoms with Gasteiger partial charge in [0.05, 0.1) is 60.1 Å². The van der Waals surface area contributed by atoms with Gasteiger partial charge in [0.1, 0.15) is 17.6 Å². The zero-order chi connectivity index (χ0) is 50.5. The molecule has 11 nitrogen and oxygen atoms in total. The molecule has 0 spiro atoms. The number of hydrogen-bond donors (Lipinski definition) is 0. The number of hydrogen-bond acceptors (Lipinski definition) is 12. The maximum Gasteiger partial charge on any atom is 0.338 e. The molecule has 6 aromatic rings. The predicted molar refractivity (Wildman–Crippen MR) is 295 cm³/mol. The van der Waals surface area contributed by atoms with E-state index in [9.17, 15) is 9.59 Å². The Morgan fingerprint density at radius 3 is 2.32 bits per heavy atom. The van der Waals surface area contributed by atoms with Gasteiger partial charge in [-0.3, -0.25) is 0 Å². The van der Waals surface area contributed by atoms with Gasteiger partial charge in [0, 0.05) is 31.3 Å². The Hall–Kier alpha value is -6.08. The number of thiazole rings is 1. The Kier molecular flexibility index (Phi) is 17.7. The number of nitrogens with zero attached hydrogens (tertiary/aromatic N) is 3. The lowest BCUT2D eigenvalue weighted by atomic mass is 9.81. The van der Waals surface area contributed by atoms with E-state index in [1.54, 1.807) is 11.3 Å². The summed E-state index contributed by atoms with van der Waals surface area (Å²) in [5.74, 6) is 1.95. The number of anilines is 1. The highest BCUT2D eigenvalue weighted by molar-refractivity contribution is 7.22. The average Bonchev–Trinajstić information content (AvgIpc) is 4.10. The number of esters is 2. The number of ether oxygens (including phenoxy) is 6. The van der Waals surface area contributed by atoms with E-state index in [1.165, 1.54) is 48.4 Å². The number of carbonyl (C=O) groups is 2. The number of unbranched alkanes of at least 4 members (excludes halogenated alkanes) is 3. The van der Waals surface area contributed by atoms with Gasteiger partial charge in [0.15, 0.2) is 0 Å². The number of hydrazone groups is 1. The number of aromatic nitrogens is 1. The molecule has 0 bridgehead atoms. The SMILES string of the molecule is C=CC(=O)OCCCCCCOc1ccc(-c2ccc(C3CCC(OC(=O)c4ccc5cc(OCCCOCC6CCC7OC7C6)ccc5c4)CC3)cc2/C=N/N(c2nc3ccccc3s2)C2CCCCC2)cc1. The van der Waals surface area contributed by atoms with E-state index in [0.29, 0.717) is 56.0 Å². The third kappa shape index (κ3) is 13.8. The van der Waals surface area contributed by atoms with Gasteiger partial charge in [-0.05, 0) is 177 Å². The zero-order valence-electron chi connectivity index (χ0n) is 42.7. The fourth-order valence-electron chi connectivity index (χ4n) is 11.0. The number of benzene rings is 5. The number of para-hydroxylation sites is 1. The molecular weight excluding hydrogens is 947 g/mol. The van der Waals surface area contributed by atoms with Crippen molar-refractivity contribution in [1.82, 2.24) is 4.98 Å². The minimum Gasteiger partial charge on any atom is -0.494 e. The minimum absolute atomic E-state index is 0.135. The van der Waals surface area contributed by atoms with Gasteiger partial charge < -0.3 is 28.4 Å². The summed E-state index contributed by atoms with van der Waals surface area (Å²) in [5, 5.41) is 10.5. The molecule has 1 aliphatic heterocycles. The van der Waals surface area contributed by atoms with Crippen molar-refractivity contribution in [3.63, 3.8) is 0 Å². The standard InChI is InChI=1S/C62H71N3O8S/c1-2-60(66)71-35-11-4-3-10-34-69-52-26-22-45(23-27-52)55-31-25-46(39-50(55)41-63-65(51-13-6-5-7-14-51)62-64-56-15-8-9-16-59(56)74-62)44-20-28-53(29-21-44)72-61(67)49-19-18-48-40-54(30-24-47(48)38-49)70-36-12-33-68-42-43-17-32-57-58(37-43)73-57/h2,8-9,15-16,18-19,22-27,30-31,38-41,43-44,51,53,57-58H,1,3-7,10-14,17,20-21,28-29,32-37,42H2/b63-41+. The quantitative estimate of drug-likeness (QED) is 0.0145. The summed E-state index contributed by atoms with van der Waals surface area (Å²) >= 11 is 1.71. The van der Waals surface area contributed by atoms with Crippen LogP contribution in [0, 0.1) is 5.92 Å². The van der Waals surface area contributed by atoms with Crippen LogP contribution in [0.5, 0.6) is 11.5 Å². The largest absolute Gasteiger partial charge is 0.494 e. The molecule has 0 N–H and O–H groups in total. The topological polar surface area (TPSA) is 121 Å². The monoisotopic (exact) mass is 1020 g/mol. The van der Waals surface area contributed by atoms with Crippen LogP contribution >= 0.6 is 11.3 Å². The van der Waals surface area contributed by atoms with Crippen LogP contribution in [0.1, 0.15) is 137 Å². The summed E-state index contributed by atoms with van der Waals surface area (Å²) < 4.78 is 36.3. The van der Waals surface area contributed by atoms with Crippen molar-refractivity contribution in [2.75, 3.05) is 38.0 Å². The smallest absolute Gasteiger partial charge is 0.338 e. The van der Waals surface area contributed by atoms with Crippen LogP contribution in [-0.4, -0.2) is 80.5 Å². The maximum absolute atomic E-state index is 13.6. The molecule has 5 aromatic carbocycles. The molecule has 1 saturated heterocycles. The molecule has 4 aliphatic rings. The Morgan fingerprint density at radius 1 is 0.730 bits per heavy atom. The summed E-state index contributed by atoms with van der Waals surface area (Å²) in [6, 6.07) is 35.7. The van der Waals surface area contributed by atoms with Crippen LogP contribution in [-0.2, 0) is 23.7 Å². The van der Waals surface area contributed by atoms with Crippen molar-refractivity contribution in [1.29, 1.82) is 0 Å². The van der Waals surface area contributed by atoms with Gasteiger partial charge in [0.2, 0.25) is 5.13 Å². The lowest BCUT2D eigenvalue weighted by molar-refractivity contribution is -0.137. The van der Waals surface area contributed by atoms with Crippen LogP contribution in [0.4, 0.5) is 5.13 Å². The van der Waals surface area contributed by atoms with Crippen molar-refractivity contribution in [2.45, 2.75) is 139 Å². The molecule has 3 aliphatic carbocycles. The first-order valence-corrected chi connectivity index (χ1v) is 28.2. The van der Waals surface area contributed by atoms with E-state index in [4.69, 9.17) is 38.5 Å². The first-order chi connectivity index (χ1) is 36.4. The molecule has 3 saturated carbocycles. The summed E-state index contributed by atoms with van der Waals surface area (Å²) in [6.45, 7) is 6.59. The summed E-state index contributed by atoms with van der Waals surface area (Å²) in [5.41, 5.74) is 6.10. The summed E-state index contributed by atoms with van der Waals surface area (Å²) in [7, 11) is 0. The van der Waals surface area contributed by atoms with E-state index >= 15 is 0 Å². The molecule has 12 heteroatoms. The molecule has 0 amide bonds. The van der Waals surface area contributed by atoms with Gasteiger partial charge in [-0.2, -0.15) is 5.10 Å². The van der Waals surface area contributed by atoms with Crippen molar-refractivity contribution in [3.05, 3.63) is 132 Å². The highest BCUT2D eigenvalue weighted by Gasteiger charge is 2.43. The van der Waals surface area contributed by atoms with Crippen molar-refractivity contribution >= 4 is 55.6 Å². The van der Waals surface area contributed by atoms with Crippen molar-refractivity contribution in [3.8, 4) is 22.6 Å². The summed E-state index contributed by atoms with van der Waals surface area (Å²) in [6.07, 6.45) is 21.5. The lowest BCUT2D eigenvalue weighted by Gasteiger charge is -2.30. The van der Waals surface area contributed by atoms with Crippen molar-refractivity contribution < 1.29 is 38.0 Å². The molecule has 4 fully saturated rings. The second-order valence-corrected chi connectivity index (χ2v) is 21.6. The molecular formula is C62H71N3O8S. The number of rotatable bonds is 24. The predicted octanol–water partition coefficient (Wildman–Crippen LogP) is 14.2. The first kappa shape index (κ1) is 51.4. The van der Waals surface area contributed by atoms with E-state index in [0.717, 1.165) is 133 Å². The molecule has 3 unspecified atom stereocenters. The molecule has 74 heavy (non-hydrogen) atoms. The Bertz CT molecular complexity index is 2820. The Morgan fingerprint density at radius 2 is 1.50 bits per heavy atom. The minimum atomic E-state index is -0.373. The van der Waals surface area contributed by atoms with Crippen LogP contribution in [0.25, 0.3) is 32.1 Å². The van der Waals surface area contributed by atoms with E-state index in [1.807, 2.05) is 42.5 Å². The maximum atomic E-state index is 13.6. The van der Waals surface area contributed by atoms with Crippen LogP contribution in [0.15, 0.2) is 121 Å². The molecule has 10 rings (SSSR count). The number of carbonyl (C=O) groups excluding carboxylic acids is 2. The number of fused-ring (bicyclic) bond motifs is 3. The van der Waals surface area contributed by atoms with E-state index < -0.39 is 0 Å². The fraction of sp³-hybridized carbons (Fsp3) is 0.452. The van der Waals surface area contributed by atoms with Gasteiger partial charge in [0.25, 0.3) is 0 Å². The number of epoxide rings is 1. The fourth-order valence-corrected chi connectivity index (χ4v) is 12.0. The van der Waals surface area contributed by atoms with Crippen LogP contribution in [0.2, 0.25) is 0 Å². The molecule has 1 aromatic heterocycles. The second kappa shape index (κ2) is 25.4. The third-order valence-electron chi connectivity index (χ3n) is 15.3. The van der Waals surface area contributed by atoms with Crippen molar-refractivity contribution in [2.24, 2.45) is 11.0 Å². The second-order valence-electron chi connectivity index (χ2n) is 20.6. The van der Waals surface area contributed by atoms with Gasteiger partial charge in [-0.15, -0.1) is 0 Å². The Balaban J connectivity index is 0.761. The van der Waals surface area contributed by atoms with Gasteiger partial charge in [-0.25, -0.2) is 19.6 Å². The lowest BCUT2D eigenvalue weighted by Crippen LogP contribution is -2.32. The third-order valence-corrected chi connectivity index (χ3v) is 16.3. The van der Waals surface area contributed by atoms with Gasteiger partial charge in [-0.1, -0.05) is 85.7 Å². The van der Waals surface area contributed by atoms with Crippen LogP contribution in [0.3, 0.4) is 0 Å². The highest BCUT2D eigenvalue weighted by Crippen LogP contribution is 2.40. The molecule has 3 atom stereocenters. The first-order valence-electron chi connectivity index (χ1n) is 27.4. The molecule has 0 radical (unpaired) electrons. The van der Waals surface area contributed by atoms with Crippen LogP contribution < -0.4 is 14.5 Å². The normalized spacial score (nSPS) is 20.8. The molecule has 2 heterocycles. The van der Waals surface area contributed by atoms with E-state index in [-0.39, 0.29) is 24.1 Å².